The van der Waals surface area contributed by atoms with Crippen LogP contribution in [0.3, 0.4) is 0 Å². The maximum atomic E-state index is 12.1. The summed E-state index contributed by atoms with van der Waals surface area (Å²) in [5, 5.41) is 0. The molecule has 1 unspecified atom stereocenters. The highest BCUT2D eigenvalue weighted by molar-refractivity contribution is 5.99. The summed E-state index contributed by atoms with van der Waals surface area (Å²) in [7, 11) is 1.38. The Morgan fingerprint density at radius 2 is 2.17 bits per heavy atom. The maximum absolute atomic E-state index is 12.1. The van der Waals surface area contributed by atoms with Gasteiger partial charge in [-0.2, -0.15) is 0 Å². The molecule has 0 heterocycles. The first-order valence-corrected chi connectivity index (χ1v) is 6.35. The lowest BCUT2D eigenvalue weighted by Crippen LogP contribution is -2.23. The number of carbonyl (C=O) groups is 2. The summed E-state index contributed by atoms with van der Waals surface area (Å²) in [4.78, 5) is 23.3. The van der Waals surface area contributed by atoms with Crippen LogP contribution in [0.4, 0.5) is 0 Å². The number of carbonyl (C=O) groups excluding carboxylic acids is 2. The van der Waals surface area contributed by atoms with Gasteiger partial charge < -0.3 is 4.74 Å². The SMILES string of the molecule is CCc1ccc2c(c1)C(=O)CC(CC(=O)OC)C2. The molecule has 0 fully saturated rings. The lowest BCUT2D eigenvalue weighted by atomic mass is 9.81. The molecule has 96 valence electrons. The predicted molar refractivity (Wildman–Crippen MR) is 68.6 cm³/mol. The van der Waals surface area contributed by atoms with Crippen molar-refractivity contribution >= 4 is 11.8 Å². The summed E-state index contributed by atoms with van der Waals surface area (Å²) >= 11 is 0. The Labute approximate surface area is 107 Å². The van der Waals surface area contributed by atoms with Crippen molar-refractivity contribution in [1.82, 2.24) is 0 Å². The van der Waals surface area contributed by atoms with Crippen molar-refractivity contribution in [3.63, 3.8) is 0 Å². The summed E-state index contributed by atoms with van der Waals surface area (Å²) in [5.41, 5.74) is 3.10. The minimum Gasteiger partial charge on any atom is -0.469 e. The lowest BCUT2D eigenvalue weighted by molar-refractivity contribution is -0.141. The molecule has 0 N–H and O–H groups in total. The normalized spacial score (nSPS) is 18.3. The molecule has 3 heteroatoms. The third-order valence-corrected chi connectivity index (χ3v) is 3.55. The van der Waals surface area contributed by atoms with Crippen LogP contribution in [0.25, 0.3) is 0 Å². The molecule has 1 aromatic rings. The number of esters is 1. The lowest BCUT2D eigenvalue weighted by Gasteiger charge is -2.23. The number of hydrogen-bond donors (Lipinski definition) is 0. The third kappa shape index (κ3) is 2.61. The zero-order chi connectivity index (χ0) is 13.1. The molecular formula is C15H18O3. The summed E-state index contributed by atoms with van der Waals surface area (Å²) in [6.07, 6.45) is 2.51. The Morgan fingerprint density at radius 3 is 2.83 bits per heavy atom. The molecule has 1 aromatic carbocycles. The Bertz CT molecular complexity index is 477. The standard InChI is InChI=1S/C15H18O3/c1-3-10-4-5-12-6-11(9-15(17)18-2)8-14(16)13(12)7-10/h4-5,7,11H,3,6,8-9H2,1-2H3. The number of methoxy groups -OCH3 is 1. The average Bonchev–Trinajstić information content (AvgIpc) is 2.38. The van der Waals surface area contributed by atoms with Crippen LogP contribution >= 0.6 is 0 Å². The van der Waals surface area contributed by atoms with E-state index in [1.807, 2.05) is 12.1 Å². The van der Waals surface area contributed by atoms with E-state index in [2.05, 4.69) is 17.7 Å². The fraction of sp³-hybridized carbons (Fsp3) is 0.467. The van der Waals surface area contributed by atoms with Gasteiger partial charge in [0.2, 0.25) is 0 Å². The summed E-state index contributed by atoms with van der Waals surface area (Å²) in [6.45, 7) is 2.08. The summed E-state index contributed by atoms with van der Waals surface area (Å²) in [5.74, 6) is 0.00630. The Balaban J connectivity index is 2.19. The number of fused-ring (bicyclic) bond motifs is 1. The average molecular weight is 246 g/mol. The van der Waals surface area contributed by atoms with Crippen LogP contribution in [0.15, 0.2) is 18.2 Å². The van der Waals surface area contributed by atoms with Crippen molar-refractivity contribution in [2.24, 2.45) is 5.92 Å². The highest BCUT2D eigenvalue weighted by atomic mass is 16.5. The number of ketones is 1. The minimum atomic E-state index is -0.235. The highest BCUT2D eigenvalue weighted by Crippen LogP contribution is 2.28. The van der Waals surface area contributed by atoms with E-state index in [9.17, 15) is 9.59 Å². The van der Waals surface area contributed by atoms with Crippen LogP contribution in [0, 0.1) is 5.92 Å². The predicted octanol–water partition coefficient (Wildman–Crippen LogP) is 2.56. The fourth-order valence-electron chi connectivity index (χ4n) is 2.50. The zero-order valence-corrected chi connectivity index (χ0v) is 10.9. The molecule has 0 aliphatic heterocycles. The first-order chi connectivity index (χ1) is 8.63. The van der Waals surface area contributed by atoms with Crippen molar-refractivity contribution in [1.29, 1.82) is 0 Å². The molecular weight excluding hydrogens is 228 g/mol. The van der Waals surface area contributed by atoms with E-state index in [-0.39, 0.29) is 17.7 Å². The number of ether oxygens (including phenoxy) is 1. The van der Waals surface area contributed by atoms with Gasteiger partial charge in [0.15, 0.2) is 5.78 Å². The molecule has 0 saturated heterocycles. The molecule has 2 rings (SSSR count). The first kappa shape index (κ1) is 12.8. The minimum absolute atomic E-state index is 0.0879. The molecule has 0 aromatic heterocycles. The van der Waals surface area contributed by atoms with Crippen LogP contribution in [-0.2, 0) is 22.4 Å². The number of hydrogen-bond acceptors (Lipinski definition) is 3. The van der Waals surface area contributed by atoms with Gasteiger partial charge in [0.05, 0.1) is 7.11 Å². The summed E-state index contributed by atoms with van der Waals surface area (Å²) in [6, 6.07) is 6.08. The van der Waals surface area contributed by atoms with E-state index in [1.165, 1.54) is 12.7 Å². The van der Waals surface area contributed by atoms with Crippen molar-refractivity contribution in [3.8, 4) is 0 Å². The fourth-order valence-corrected chi connectivity index (χ4v) is 2.50. The summed E-state index contributed by atoms with van der Waals surface area (Å²) < 4.78 is 4.66. The van der Waals surface area contributed by atoms with Gasteiger partial charge >= 0.3 is 5.97 Å². The van der Waals surface area contributed by atoms with Gasteiger partial charge in [-0.3, -0.25) is 9.59 Å². The van der Waals surface area contributed by atoms with Crippen LogP contribution in [0.1, 0.15) is 41.3 Å². The molecule has 1 aliphatic rings. The smallest absolute Gasteiger partial charge is 0.305 e. The van der Waals surface area contributed by atoms with E-state index >= 15 is 0 Å². The van der Waals surface area contributed by atoms with Crippen molar-refractivity contribution in [3.05, 3.63) is 34.9 Å². The van der Waals surface area contributed by atoms with E-state index in [0.717, 1.165) is 24.0 Å². The van der Waals surface area contributed by atoms with Gasteiger partial charge in [-0.1, -0.05) is 19.1 Å². The second kappa shape index (κ2) is 5.34. The Morgan fingerprint density at radius 1 is 1.39 bits per heavy atom. The van der Waals surface area contributed by atoms with Crippen LogP contribution < -0.4 is 0 Å². The maximum Gasteiger partial charge on any atom is 0.305 e. The molecule has 0 saturated carbocycles. The molecule has 0 amide bonds. The Kier molecular flexibility index (Phi) is 3.80. The van der Waals surface area contributed by atoms with Gasteiger partial charge in [-0.15, -0.1) is 0 Å². The quantitative estimate of drug-likeness (QED) is 0.770. The van der Waals surface area contributed by atoms with Crippen molar-refractivity contribution in [2.45, 2.75) is 32.6 Å². The molecule has 0 bridgehead atoms. The van der Waals surface area contributed by atoms with Gasteiger partial charge in [-0.05, 0) is 36.0 Å². The van der Waals surface area contributed by atoms with Gasteiger partial charge in [0.1, 0.15) is 0 Å². The molecule has 1 aliphatic carbocycles. The van der Waals surface area contributed by atoms with Gasteiger partial charge in [-0.25, -0.2) is 0 Å². The van der Waals surface area contributed by atoms with Crippen LogP contribution in [-0.4, -0.2) is 18.9 Å². The second-order valence-electron chi connectivity index (χ2n) is 4.82. The molecule has 0 radical (unpaired) electrons. The number of benzene rings is 1. The number of Topliss-reactive ketones (excluding diaryl/α,β-unsaturated/α-hetero) is 1. The van der Waals surface area contributed by atoms with E-state index in [1.54, 1.807) is 0 Å². The van der Waals surface area contributed by atoms with E-state index in [4.69, 9.17) is 0 Å². The molecule has 3 nitrogen and oxygen atoms in total. The van der Waals surface area contributed by atoms with Crippen LogP contribution in [0.2, 0.25) is 0 Å². The van der Waals surface area contributed by atoms with Gasteiger partial charge in [0.25, 0.3) is 0 Å². The molecule has 18 heavy (non-hydrogen) atoms. The number of rotatable bonds is 3. The number of aryl methyl sites for hydroxylation is 1. The molecule has 0 spiro atoms. The second-order valence-corrected chi connectivity index (χ2v) is 4.82. The monoisotopic (exact) mass is 246 g/mol. The highest BCUT2D eigenvalue weighted by Gasteiger charge is 2.26. The van der Waals surface area contributed by atoms with Crippen LogP contribution in [0.5, 0.6) is 0 Å². The third-order valence-electron chi connectivity index (χ3n) is 3.55. The first-order valence-electron chi connectivity index (χ1n) is 6.35. The van der Waals surface area contributed by atoms with Crippen molar-refractivity contribution < 1.29 is 14.3 Å². The van der Waals surface area contributed by atoms with Gasteiger partial charge in [0, 0.05) is 18.4 Å². The topological polar surface area (TPSA) is 43.4 Å². The van der Waals surface area contributed by atoms with Crippen molar-refractivity contribution in [2.75, 3.05) is 7.11 Å². The van der Waals surface area contributed by atoms with E-state index < -0.39 is 0 Å². The largest absolute Gasteiger partial charge is 0.469 e. The Hall–Kier alpha value is -1.64. The molecule has 1 atom stereocenters. The van der Waals surface area contributed by atoms with E-state index in [0.29, 0.717) is 12.8 Å². The zero-order valence-electron chi connectivity index (χ0n) is 10.9.